The van der Waals surface area contributed by atoms with Crippen molar-refractivity contribution in [3.8, 4) is 0 Å². The van der Waals surface area contributed by atoms with E-state index in [9.17, 15) is 0 Å². The zero-order valence-corrected chi connectivity index (χ0v) is 12.2. The number of hydrogen-bond acceptors (Lipinski definition) is 1. The third kappa shape index (κ3) is 6.12. The molecule has 0 aliphatic rings. The Morgan fingerprint density at radius 1 is 1.18 bits per heavy atom. The molecule has 92 valence electrons. The molecule has 2 heteroatoms. The van der Waals surface area contributed by atoms with Crippen LogP contribution in [0.3, 0.4) is 0 Å². The van der Waals surface area contributed by atoms with E-state index in [-0.39, 0.29) is 0 Å². The van der Waals surface area contributed by atoms with Crippen LogP contribution in [0.5, 0.6) is 0 Å². The Hall–Kier alpha value is -1.28. The second-order valence-corrected chi connectivity index (χ2v) is 10.1. The molecule has 0 bridgehead atoms. The molecule has 17 heavy (non-hydrogen) atoms. The Kier molecular flexibility index (Phi) is 5.23. The summed E-state index contributed by atoms with van der Waals surface area (Å²) in [5.41, 5.74) is 3.49. The summed E-state index contributed by atoms with van der Waals surface area (Å²) in [6, 6.07) is 10.3. The van der Waals surface area contributed by atoms with E-state index in [0.717, 1.165) is 12.4 Å². The number of ether oxygens (including phenoxy) is 1. The molecule has 0 unspecified atom stereocenters. The first kappa shape index (κ1) is 13.8. The zero-order valence-electron chi connectivity index (χ0n) is 11.2. The van der Waals surface area contributed by atoms with Gasteiger partial charge in [-0.1, -0.05) is 61.7 Å². The van der Waals surface area contributed by atoms with Crippen molar-refractivity contribution in [2.45, 2.75) is 26.6 Å². The van der Waals surface area contributed by atoms with Crippen LogP contribution in [0.15, 0.2) is 47.9 Å². The van der Waals surface area contributed by atoms with Crippen molar-refractivity contribution in [3.63, 3.8) is 0 Å². The van der Waals surface area contributed by atoms with Crippen LogP contribution in [-0.2, 0) is 4.74 Å². The first-order chi connectivity index (χ1) is 8.01. The van der Waals surface area contributed by atoms with Gasteiger partial charge >= 0.3 is 0 Å². The Balaban J connectivity index is 2.81. The normalized spacial score (nSPS) is 13.1. The molecule has 0 saturated carbocycles. The molecular formula is C15H22OSi. The highest BCUT2D eigenvalue weighted by atomic mass is 28.3. The number of rotatable bonds is 5. The first-order valence-corrected chi connectivity index (χ1v) is 9.68. The predicted molar refractivity (Wildman–Crippen MR) is 78.5 cm³/mol. The fraction of sp³-hybridized carbons (Fsp3) is 0.333. The first-order valence-electron chi connectivity index (χ1n) is 6.10. The van der Waals surface area contributed by atoms with E-state index < -0.39 is 8.07 Å². The van der Waals surface area contributed by atoms with Crippen molar-refractivity contribution in [3.05, 3.63) is 53.4 Å². The Labute approximate surface area is 106 Å². The van der Waals surface area contributed by atoms with Crippen LogP contribution in [0.2, 0.25) is 19.6 Å². The van der Waals surface area contributed by atoms with Gasteiger partial charge in [-0.3, -0.25) is 0 Å². The average molecular weight is 246 g/mol. The Morgan fingerprint density at radius 2 is 1.82 bits per heavy atom. The molecule has 1 rings (SSSR count). The average Bonchev–Trinajstić information content (AvgIpc) is 2.26. The predicted octanol–water partition coefficient (Wildman–Crippen LogP) is 4.50. The molecule has 0 aliphatic heterocycles. The summed E-state index contributed by atoms with van der Waals surface area (Å²) in [7, 11) is -1.23. The quantitative estimate of drug-likeness (QED) is 0.422. The summed E-state index contributed by atoms with van der Waals surface area (Å²) in [4.78, 5) is 0. The lowest BCUT2D eigenvalue weighted by Crippen LogP contribution is -2.17. The van der Waals surface area contributed by atoms with Crippen LogP contribution < -0.4 is 0 Å². The maximum absolute atomic E-state index is 5.65. The summed E-state index contributed by atoms with van der Waals surface area (Å²) in [5.74, 6) is 0.996. The summed E-state index contributed by atoms with van der Waals surface area (Å²) < 4.78 is 5.65. The van der Waals surface area contributed by atoms with Gasteiger partial charge in [0.15, 0.2) is 0 Å². The van der Waals surface area contributed by atoms with Gasteiger partial charge in [-0.05, 0) is 18.6 Å². The molecule has 0 atom stereocenters. The van der Waals surface area contributed by atoms with Crippen LogP contribution in [0, 0.1) is 0 Å². The van der Waals surface area contributed by atoms with Gasteiger partial charge < -0.3 is 4.74 Å². The Bertz CT molecular complexity index is 385. The minimum atomic E-state index is -1.23. The van der Waals surface area contributed by atoms with Crippen LogP contribution >= 0.6 is 0 Å². The highest BCUT2D eigenvalue weighted by Crippen LogP contribution is 2.11. The third-order valence-corrected chi connectivity index (χ3v) is 3.28. The molecule has 0 spiro atoms. The molecule has 1 aromatic carbocycles. The SMILES string of the molecule is CCOC(=C\[Si](C)(C)C)/C=C/c1ccccc1. The van der Waals surface area contributed by atoms with Crippen LogP contribution in [-0.4, -0.2) is 14.7 Å². The van der Waals surface area contributed by atoms with Gasteiger partial charge in [0.2, 0.25) is 0 Å². The van der Waals surface area contributed by atoms with Gasteiger partial charge in [-0.15, -0.1) is 0 Å². The molecule has 0 fully saturated rings. The fourth-order valence-corrected chi connectivity index (χ4v) is 2.51. The van der Waals surface area contributed by atoms with Crippen LogP contribution in [0.4, 0.5) is 0 Å². The lowest BCUT2D eigenvalue weighted by Gasteiger charge is -2.12. The highest BCUT2D eigenvalue weighted by Gasteiger charge is 2.10. The maximum Gasteiger partial charge on any atom is 0.111 e. The van der Waals surface area contributed by atoms with E-state index in [1.54, 1.807) is 0 Å². The third-order valence-electron chi connectivity index (χ3n) is 2.13. The van der Waals surface area contributed by atoms with Crippen LogP contribution in [0.25, 0.3) is 6.08 Å². The van der Waals surface area contributed by atoms with Crippen molar-refractivity contribution >= 4 is 14.1 Å². The molecule has 1 aromatic rings. The monoisotopic (exact) mass is 246 g/mol. The van der Waals surface area contributed by atoms with Gasteiger partial charge in [-0.2, -0.15) is 0 Å². The van der Waals surface area contributed by atoms with Crippen molar-refractivity contribution < 1.29 is 4.74 Å². The minimum Gasteiger partial charge on any atom is -0.495 e. The largest absolute Gasteiger partial charge is 0.495 e. The van der Waals surface area contributed by atoms with Gasteiger partial charge in [0, 0.05) is 0 Å². The molecule has 1 nitrogen and oxygen atoms in total. The number of allylic oxidation sites excluding steroid dienone is 1. The second-order valence-electron chi connectivity index (χ2n) is 5.09. The number of hydrogen-bond donors (Lipinski definition) is 0. The Morgan fingerprint density at radius 3 is 2.35 bits per heavy atom. The molecule has 0 aromatic heterocycles. The maximum atomic E-state index is 5.65. The van der Waals surface area contributed by atoms with Gasteiger partial charge in [-0.25, -0.2) is 0 Å². The van der Waals surface area contributed by atoms with E-state index in [2.05, 4.69) is 49.6 Å². The topological polar surface area (TPSA) is 9.23 Å². The zero-order chi connectivity index (χ0) is 12.7. The van der Waals surface area contributed by atoms with Crippen molar-refractivity contribution in [2.24, 2.45) is 0 Å². The number of benzene rings is 1. The van der Waals surface area contributed by atoms with E-state index in [0.29, 0.717) is 0 Å². The van der Waals surface area contributed by atoms with Crippen LogP contribution in [0.1, 0.15) is 12.5 Å². The molecule has 0 heterocycles. The van der Waals surface area contributed by atoms with E-state index >= 15 is 0 Å². The summed E-state index contributed by atoms with van der Waals surface area (Å²) in [6.45, 7) is 9.66. The van der Waals surface area contributed by atoms with E-state index in [4.69, 9.17) is 4.74 Å². The minimum absolute atomic E-state index is 0.718. The lowest BCUT2D eigenvalue weighted by atomic mass is 10.2. The van der Waals surface area contributed by atoms with Crippen molar-refractivity contribution in [2.75, 3.05) is 6.61 Å². The fourth-order valence-electron chi connectivity index (χ4n) is 1.47. The van der Waals surface area contributed by atoms with Gasteiger partial charge in [0.05, 0.1) is 14.7 Å². The second kappa shape index (κ2) is 6.45. The molecule has 0 saturated heterocycles. The van der Waals surface area contributed by atoms with E-state index in [1.807, 2.05) is 25.1 Å². The molecule has 0 amide bonds. The van der Waals surface area contributed by atoms with Crippen molar-refractivity contribution in [1.82, 2.24) is 0 Å². The molecule has 0 aliphatic carbocycles. The standard InChI is InChI=1S/C15H22OSi/c1-5-16-15(13-17(2,3)4)12-11-14-9-7-6-8-10-14/h6-13H,5H2,1-4H3/b12-11+,15-13-. The molecule has 0 N–H and O–H groups in total. The summed E-state index contributed by atoms with van der Waals surface area (Å²) >= 11 is 0. The van der Waals surface area contributed by atoms with Crippen molar-refractivity contribution in [1.29, 1.82) is 0 Å². The summed E-state index contributed by atoms with van der Waals surface area (Å²) in [6.07, 6.45) is 4.17. The highest BCUT2D eigenvalue weighted by molar-refractivity contribution is 6.81. The lowest BCUT2D eigenvalue weighted by molar-refractivity contribution is 0.243. The summed E-state index contributed by atoms with van der Waals surface area (Å²) in [5, 5.41) is 0. The van der Waals surface area contributed by atoms with E-state index in [1.165, 1.54) is 5.56 Å². The van der Waals surface area contributed by atoms with Gasteiger partial charge in [0.1, 0.15) is 5.76 Å². The smallest absolute Gasteiger partial charge is 0.111 e. The van der Waals surface area contributed by atoms with Gasteiger partial charge in [0.25, 0.3) is 0 Å². The molecular weight excluding hydrogens is 224 g/mol. The molecule has 0 radical (unpaired) electrons.